The Labute approximate surface area is 161 Å². The Balaban J connectivity index is 1.88. The molecule has 2 aromatic heterocycles. The Kier molecular flexibility index (Phi) is 4.55. The summed E-state index contributed by atoms with van der Waals surface area (Å²) in [5.41, 5.74) is 8.61. The number of rotatable bonds is 3. The molecule has 0 radical (unpaired) electrons. The molecule has 4 aromatic rings. The molecule has 0 saturated heterocycles. The Hall–Kier alpha value is -3.26. The lowest BCUT2D eigenvalue weighted by molar-refractivity contribution is -0.685. The van der Waals surface area contributed by atoms with Gasteiger partial charge in [-0.3, -0.25) is 0 Å². The topological polar surface area (TPSA) is 7.76 Å². The maximum atomic E-state index is 2.28. The zero-order valence-electron chi connectivity index (χ0n) is 16.1. The quantitative estimate of drug-likeness (QED) is 0.474. The van der Waals surface area contributed by atoms with Crippen LogP contribution < -0.4 is 9.13 Å². The third-order valence-corrected chi connectivity index (χ3v) is 5.17. The smallest absolute Gasteiger partial charge is 0.196 e. The van der Waals surface area contributed by atoms with Gasteiger partial charge >= 0.3 is 0 Å². The second-order valence-electron chi connectivity index (χ2n) is 6.95. The predicted octanol–water partition coefficient (Wildman–Crippen LogP) is 4.65. The minimum Gasteiger partial charge on any atom is -0.196 e. The first-order valence-electron chi connectivity index (χ1n) is 9.25. The molecule has 4 rings (SSSR count). The average Bonchev–Trinajstić information content (AvgIpc) is 2.70. The molecule has 0 saturated carbocycles. The number of aromatic nitrogens is 2. The van der Waals surface area contributed by atoms with E-state index in [1.54, 1.807) is 0 Å². The van der Waals surface area contributed by atoms with Gasteiger partial charge in [0.25, 0.3) is 11.4 Å². The highest BCUT2D eigenvalue weighted by atomic mass is 15.0. The minimum atomic E-state index is 1.19. The number of benzene rings is 2. The van der Waals surface area contributed by atoms with E-state index in [0.717, 1.165) is 0 Å². The third-order valence-electron chi connectivity index (χ3n) is 5.17. The molecule has 2 nitrogen and oxygen atoms in total. The van der Waals surface area contributed by atoms with Gasteiger partial charge in [-0.2, -0.15) is 9.13 Å². The van der Waals surface area contributed by atoms with Gasteiger partial charge in [0.1, 0.15) is 14.1 Å². The summed E-state index contributed by atoms with van der Waals surface area (Å²) in [6, 6.07) is 30.0. The third kappa shape index (κ3) is 3.26. The largest absolute Gasteiger partial charge is 0.277 e. The van der Waals surface area contributed by atoms with Gasteiger partial charge in [0.05, 0.1) is 0 Å². The average molecular weight is 352 g/mol. The Morgan fingerprint density at radius 2 is 1.30 bits per heavy atom. The Bertz CT molecular complexity index is 1100. The summed E-state index contributed by atoms with van der Waals surface area (Å²) in [6.07, 6.45) is 2.14. The number of aryl methyl sites for hydroxylation is 2. The summed E-state index contributed by atoms with van der Waals surface area (Å²) in [7, 11) is 4.25. The lowest BCUT2D eigenvalue weighted by Crippen LogP contribution is -2.40. The number of hydrogen-bond donors (Lipinski definition) is 0. The molecule has 0 aliphatic heterocycles. The molecule has 132 valence electrons. The molecule has 0 unspecified atom stereocenters. The molecule has 0 atom stereocenters. The van der Waals surface area contributed by atoms with E-state index >= 15 is 0 Å². The number of pyridine rings is 2. The first kappa shape index (κ1) is 17.2. The Morgan fingerprint density at radius 1 is 0.593 bits per heavy atom. The second-order valence-corrected chi connectivity index (χ2v) is 6.95. The van der Waals surface area contributed by atoms with Crippen molar-refractivity contribution in [3.8, 4) is 33.8 Å². The lowest BCUT2D eigenvalue weighted by atomic mass is 10.0. The molecule has 0 aliphatic rings. The van der Waals surface area contributed by atoms with Gasteiger partial charge in [0, 0.05) is 29.8 Å². The lowest BCUT2D eigenvalue weighted by Gasteiger charge is -2.08. The van der Waals surface area contributed by atoms with Crippen molar-refractivity contribution in [2.24, 2.45) is 14.1 Å². The maximum absolute atomic E-state index is 2.28. The van der Waals surface area contributed by atoms with Gasteiger partial charge < -0.3 is 0 Å². The molecule has 0 amide bonds. The predicted molar refractivity (Wildman–Crippen MR) is 110 cm³/mol. The van der Waals surface area contributed by atoms with Crippen molar-refractivity contribution in [3.05, 3.63) is 96.7 Å². The Morgan fingerprint density at radius 3 is 2.07 bits per heavy atom. The van der Waals surface area contributed by atoms with E-state index in [2.05, 4.69) is 121 Å². The van der Waals surface area contributed by atoms with Crippen LogP contribution in [0.4, 0.5) is 0 Å². The highest BCUT2D eigenvalue weighted by molar-refractivity contribution is 5.67. The molecule has 2 heterocycles. The van der Waals surface area contributed by atoms with Gasteiger partial charge in [-0.15, -0.1) is 0 Å². The summed E-state index contributed by atoms with van der Waals surface area (Å²) >= 11 is 0. The van der Waals surface area contributed by atoms with E-state index in [4.69, 9.17) is 0 Å². The summed E-state index contributed by atoms with van der Waals surface area (Å²) in [4.78, 5) is 0. The molecule has 2 aromatic carbocycles. The summed E-state index contributed by atoms with van der Waals surface area (Å²) in [6.45, 7) is 2.16. The van der Waals surface area contributed by atoms with Crippen LogP contribution in [-0.4, -0.2) is 0 Å². The first-order valence-corrected chi connectivity index (χ1v) is 9.25. The van der Waals surface area contributed by atoms with Gasteiger partial charge in [-0.05, 0) is 35.7 Å². The van der Waals surface area contributed by atoms with Crippen LogP contribution in [0.25, 0.3) is 33.8 Å². The molecule has 2 heteroatoms. The van der Waals surface area contributed by atoms with E-state index in [0.29, 0.717) is 0 Å². The molecular weight excluding hydrogens is 328 g/mol. The van der Waals surface area contributed by atoms with E-state index < -0.39 is 0 Å². The van der Waals surface area contributed by atoms with Gasteiger partial charge in [0.2, 0.25) is 5.69 Å². The summed E-state index contributed by atoms with van der Waals surface area (Å²) in [5.74, 6) is 0. The van der Waals surface area contributed by atoms with Crippen LogP contribution in [0, 0.1) is 6.92 Å². The van der Waals surface area contributed by atoms with Crippen molar-refractivity contribution < 1.29 is 9.13 Å². The molecular formula is C25H24N2+2. The SMILES string of the molecule is Cc1ccccc1-c1cccc(-c2cc(-c3ccccc3)cc[n+]2C)[n+]1C. The fourth-order valence-electron chi connectivity index (χ4n) is 3.61. The van der Waals surface area contributed by atoms with Crippen LogP contribution in [0.1, 0.15) is 5.56 Å². The van der Waals surface area contributed by atoms with Crippen molar-refractivity contribution in [3.63, 3.8) is 0 Å². The molecule has 0 spiro atoms. The molecule has 0 aliphatic carbocycles. The van der Waals surface area contributed by atoms with E-state index in [-0.39, 0.29) is 0 Å². The molecule has 0 bridgehead atoms. The van der Waals surface area contributed by atoms with Crippen LogP contribution in [-0.2, 0) is 14.1 Å². The normalized spacial score (nSPS) is 10.8. The summed E-state index contributed by atoms with van der Waals surface area (Å²) in [5, 5.41) is 0. The first-order chi connectivity index (χ1) is 13.1. The number of nitrogens with zero attached hydrogens (tertiary/aromatic N) is 2. The van der Waals surface area contributed by atoms with Crippen LogP contribution >= 0.6 is 0 Å². The van der Waals surface area contributed by atoms with Crippen LogP contribution in [0.15, 0.2) is 91.1 Å². The highest BCUT2D eigenvalue weighted by Crippen LogP contribution is 2.24. The maximum Gasteiger partial charge on any atom is 0.277 e. The van der Waals surface area contributed by atoms with Gasteiger partial charge in [-0.1, -0.05) is 48.5 Å². The van der Waals surface area contributed by atoms with Crippen molar-refractivity contribution in [2.75, 3.05) is 0 Å². The van der Waals surface area contributed by atoms with Crippen molar-refractivity contribution in [1.82, 2.24) is 0 Å². The molecule has 0 fully saturated rings. The van der Waals surface area contributed by atoms with Crippen molar-refractivity contribution in [1.29, 1.82) is 0 Å². The van der Waals surface area contributed by atoms with Gasteiger partial charge in [-0.25, -0.2) is 0 Å². The second kappa shape index (κ2) is 7.16. The molecule has 27 heavy (non-hydrogen) atoms. The van der Waals surface area contributed by atoms with E-state index in [9.17, 15) is 0 Å². The van der Waals surface area contributed by atoms with Crippen molar-refractivity contribution >= 4 is 0 Å². The van der Waals surface area contributed by atoms with Crippen molar-refractivity contribution in [2.45, 2.75) is 6.92 Å². The van der Waals surface area contributed by atoms with Crippen LogP contribution in [0.2, 0.25) is 0 Å². The van der Waals surface area contributed by atoms with E-state index in [1.807, 2.05) is 0 Å². The molecule has 0 N–H and O–H groups in total. The van der Waals surface area contributed by atoms with Crippen LogP contribution in [0.5, 0.6) is 0 Å². The monoisotopic (exact) mass is 352 g/mol. The fraction of sp³-hybridized carbons (Fsp3) is 0.120. The number of hydrogen-bond acceptors (Lipinski definition) is 0. The summed E-state index contributed by atoms with van der Waals surface area (Å²) < 4.78 is 4.47. The standard InChI is InChI=1S/C25H24N2/c1-19-10-7-8-13-22(19)23-14-9-15-24(27(23)3)25-18-21(16-17-26(25)2)20-11-5-4-6-12-20/h4-18H,1-3H3/q+2. The van der Waals surface area contributed by atoms with E-state index in [1.165, 1.54) is 39.3 Å². The fourth-order valence-corrected chi connectivity index (χ4v) is 3.61. The highest BCUT2D eigenvalue weighted by Gasteiger charge is 2.23. The zero-order valence-corrected chi connectivity index (χ0v) is 16.1. The van der Waals surface area contributed by atoms with Crippen LogP contribution in [0.3, 0.4) is 0 Å². The van der Waals surface area contributed by atoms with Gasteiger partial charge in [0.15, 0.2) is 6.20 Å². The zero-order chi connectivity index (χ0) is 18.8. The minimum absolute atomic E-state index is 1.19.